The minimum Gasteiger partial charge on any atom is -0.353 e. The number of rotatable bonds is 5. The molecule has 5 nitrogen and oxygen atoms in total. The summed E-state index contributed by atoms with van der Waals surface area (Å²) in [4.78, 5) is 23.9. The lowest BCUT2D eigenvalue weighted by Crippen LogP contribution is -2.55. The monoisotopic (exact) mass is 325 g/mol. The Morgan fingerprint density at radius 2 is 1.59 bits per heavy atom. The first-order valence-corrected chi connectivity index (χ1v) is 7.52. The van der Waals surface area contributed by atoms with Gasteiger partial charge in [-0.25, -0.2) is 0 Å². The number of amides is 2. The number of nitrogens with one attached hydrogen (secondary N) is 2. The minimum atomic E-state index is -0.721. The summed E-state index contributed by atoms with van der Waals surface area (Å²) in [6.07, 6.45) is 4.66. The van der Waals surface area contributed by atoms with Gasteiger partial charge in [-0.1, -0.05) is 37.5 Å². The van der Waals surface area contributed by atoms with E-state index >= 15 is 0 Å². The number of hydrogen-bond acceptors (Lipinski definition) is 3. The third kappa shape index (κ3) is 5.00. The van der Waals surface area contributed by atoms with Crippen LogP contribution in [0, 0.1) is 0 Å². The lowest BCUT2D eigenvalue weighted by molar-refractivity contribution is -0.127. The molecule has 1 aliphatic rings. The third-order valence-corrected chi connectivity index (χ3v) is 3.93. The highest BCUT2D eigenvalue weighted by molar-refractivity contribution is 5.94. The van der Waals surface area contributed by atoms with Crippen molar-refractivity contribution < 1.29 is 9.59 Å². The average Bonchev–Trinajstić information content (AvgIpc) is 2.52. The Kier molecular flexibility index (Phi) is 7.35. The van der Waals surface area contributed by atoms with E-state index in [1.807, 2.05) is 18.2 Å². The predicted octanol–water partition coefficient (Wildman–Crippen LogP) is 1.62. The van der Waals surface area contributed by atoms with Gasteiger partial charge in [0.05, 0.1) is 5.54 Å². The predicted molar refractivity (Wildman–Crippen MR) is 89.0 cm³/mol. The molecule has 0 atom stereocenters. The number of carbonyl (C=O) groups is 2. The summed E-state index contributed by atoms with van der Waals surface area (Å²) < 4.78 is 0. The van der Waals surface area contributed by atoms with E-state index in [1.54, 1.807) is 12.1 Å². The normalized spacial score (nSPS) is 16.2. The number of benzene rings is 1. The maximum Gasteiger partial charge on any atom is 0.251 e. The van der Waals surface area contributed by atoms with Gasteiger partial charge >= 0.3 is 0 Å². The number of nitrogens with two attached hydrogens (primary N) is 1. The molecule has 0 unspecified atom stereocenters. The van der Waals surface area contributed by atoms with Crippen LogP contribution in [-0.4, -0.2) is 30.4 Å². The summed E-state index contributed by atoms with van der Waals surface area (Å²) in [5, 5.41) is 5.60. The van der Waals surface area contributed by atoms with Gasteiger partial charge in [-0.15, -0.1) is 12.4 Å². The van der Waals surface area contributed by atoms with Crippen molar-refractivity contribution in [3.63, 3.8) is 0 Å². The zero-order valence-electron chi connectivity index (χ0n) is 12.6. The van der Waals surface area contributed by atoms with E-state index in [-0.39, 0.29) is 24.2 Å². The maximum atomic E-state index is 12.1. The molecule has 122 valence electrons. The highest BCUT2D eigenvalue weighted by atomic mass is 35.5. The van der Waals surface area contributed by atoms with Crippen LogP contribution in [0.15, 0.2) is 30.3 Å². The van der Waals surface area contributed by atoms with E-state index < -0.39 is 5.54 Å². The standard InChI is InChI=1S/C16H23N3O2.ClH/c17-16(9-5-2-6-10-16)15(21)19-12-11-18-14(20)13-7-3-1-4-8-13;/h1,3-4,7-8H,2,5-6,9-12,17H2,(H,18,20)(H,19,21);1H. The quantitative estimate of drug-likeness (QED) is 0.719. The average molecular weight is 326 g/mol. The van der Waals surface area contributed by atoms with Gasteiger partial charge in [0, 0.05) is 18.7 Å². The Morgan fingerprint density at radius 1 is 1.00 bits per heavy atom. The van der Waals surface area contributed by atoms with Crippen LogP contribution >= 0.6 is 12.4 Å². The fourth-order valence-electron chi connectivity index (χ4n) is 2.63. The molecule has 0 saturated heterocycles. The van der Waals surface area contributed by atoms with E-state index in [4.69, 9.17) is 5.73 Å². The van der Waals surface area contributed by atoms with Crippen molar-refractivity contribution in [2.24, 2.45) is 5.73 Å². The van der Waals surface area contributed by atoms with Crippen molar-refractivity contribution in [3.8, 4) is 0 Å². The van der Waals surface area contributed by atoms with Crippen molar-refractivity contribution in [2.75, 3.05) is 13.1 Å². The van der Waals surface area contributed by atoms with Crippen LogP contribution < -0.4 is 16.4 Å². The summed E-state index contributed by atoms with van der Waals surface area (Å²) in [6.45, 7) is 0.798. The molecule has 0 aromatic heterocycles. The Labute approximate surface area is 137 Å². The largest absolute Gasteiger partial charge is 0.353 e. The summed E-state index contributed by atoms with van der Waals surface area (Å²) in [6, 6.07) is 9.01. The van der Waals surface area contributed by atoms with E-state index in [9.17, 15) is 9.59 Å². The first kappa shape index (κ1) is 18.5. The fourth-order valence-corrected chi connectivity index (χ4v) is 2.63. The second-order valence-corrected chi connectivity index (χ2v) is 5.59. The molecule has 0 aliphatic heterocycles. The van der Waals surface area contributed by atoms with Crippen LogP contribution in [0.1, 0.15) is 42.5 Å². The summed E-state index contributed by atoms with van der Waals surface area (Å²) >= 11 is 0. The summed E-state index contributed by atoms with van der Waals surface area (Å²) in [5.74, 6) is -0.235. The van der Waals surface area contributed by atoms with Crippen LogP contribution in [-0.2, 0) is 4.79 Å². The molecule has 0 heterocycles. The van der Waals surface area contributed by atoms with Crippen LogP contribution in [0.4, 0.5) is 0 Å². The van der Waals surface area contributed by atoms with Gasteiger partial charge in [0.1, 0.15) is 0 Å². The molecular weight excluding hydrogens is 302 g/mol. The molecule has 1 saturated carbocycles. The van der Waals surface area contributed by atoms with Crippen molar-refractivity contribution in [2.45, 2.75) is 37.6 Å². The molecule has 1 aromatic carbocycles. The van der Waals surface area contributed by atoms with Gasteiger partial charge in [0.2, 0.25) is 5.91 Å². The van der Waals surface area contributed by atoms with Crippen LogP contribution in [0.3, 0.4) is 0 Å². The number of halogens is 1. The van der Waals surface area contributed by atoms with Gasteiger partial charge in [0.15, 0.2) is 0 Å². The molecule has 4 N–H and O–H groups in total. The molecule has 0 bridgehead atoms. The molecular formula is C16H24ClN3O2. The molecule has 2 rings (SSSR count). The van der Waals surface area contributed by atoms with Crippen LogP contribution in [0.25, 0.3) is 0 Å². The highest BCUT2D eigenvalue weighted by Gasteiger charge is 2.34. The van der Waals surface area contributed by atoms with Crippen molar-refractivity contribution in [3.05, 3.63) is 35.9 Å². The molecule has 1 aromatic rings. The Hall–Kier alpha value is -1.59. The Bertz CT molecular complexity index is 487. The van der Waals surface area contributed by atoms with Crippen molar-refractivity contribution in [1.82, 2.24) is 10.6 Å². The van der Waals surface area contributed by atoms with Gasteiger partial charge in [0.25, 0.3) is 5.91 Å². The van der Waals surface area contributed by atoms with Crippen molar-refractivity contribution in [1.29, 1.82) is 0 Å². The minimum absolute atomic E-state index is 0. The second-order valence-electron chi connectivity index (χ2n) is 5.59. The van der Waals surface area contributed by atoms with Crippen LogP contribution in [0.2, 0.25) is 0 Å². The second kappa shape index (κ2) is 8.76. The number of hydrogen-bond donors (Lipinski definition) is 3. The van der Waals surface area contributed by atoms with E-state index in [0.29, 0.717) is 18.7 Å². The van der Waals surface area contributed by atoms with E-state index in [0.717, 1.165) is 32.1 Å². The highest BCUT2D eigenvalue weighted by Crippen LogP contribution is 2.25. The molecule has 0 radical (unpaired) electrons. The first-order valence-electron chi connectivity index (χ1n) is 7.52. The van der Waals surface area contributed by atoms with Crippen molar-refractivity contribution >= 4 is 24.2 Å². The molecule has 0 spiro atoms. The van der Waals surface area contributed by atoms with Gasteiger partial charge in [-0.05, 0) is 25.0 Å². The van der Waals surface area contributed by atoms with E-state index in [1.165, 1.54) is 0 Å². The summed E-state index contributed by atoms with van der Waals surface area (Å²) in [7, 11) is 0. The topological polar surface area (TPSA) is 84.2 Å². The molecule has 2 amide bonds. The first-order chi connectivity index (χ1) is 10.1. The van der Waals surface area contributed by atoms with Gasteiger partial charge in [-0.2, -0.15) is 0 Å². The zero-order chi connectivity index (χ0) is 15.1. The lowest BCUT2D eigenvalue weighted by atomic mass is 9.82. The molecule has 22 heavy (non-hydrogen) atoms. The van der Waals surface area contributed by atoms with Gasteiger partial charge < -0.3 is 16.4 Å². The number of carbonyl (C=O) groups excluding carboxylic acids is 2. The summed E-state index contributed by atoms with van der Waals surface area (Å²) in [5.41, 5.74) is 6.03. The fraction of sp³-hybridized carbons (Fsp3) is 0.500. The molecule has 6 heteroatoms. The maximum absolute atomic E-state index is 12.1. The third-order valence-electron chi connectivity index (χ3n) is 3.93. The van der Waals surface area contributed by atoms with E-state index in [2.05, 4.69) is 10.6 Å². The molecule has 1 aliphatic carbocycles. The molecule has 1 fully saturated rings. The van der Waals surface area contributed by atoms with Crippen LogP contribution in [0.5, 0.6) is 0 Å². The lowest BCUT2D eigenvalue weighted by Gasteiger charge is -2.31. The van der Waals surface area contributed by atoms with Gasteiger partial charge in [-0.3, -0.25) is 9.59 Å². The Balaban J connectivity index is 0.00000242. The zero-order valence-corrected chi connectivity index (χ0v) is 13.5. The smallest absolute Gasteiger partial charge is 0.251 e. The Morgan fingerprint density at radius 3 is 2.23 bits per heavy atom. The SMILES string of the molecule is Cl.NC1(C(=O)NCCNC(=O)c2ccccc2)CCCCC1.